The zero-order chi connectivity index (χ0) is 24.6. The van der Waals surface area contributed by atoms with Gasteiger partial charge in [0.2, 0.25) is 5.91 Å². The molecule has 2 heterocycles. The summed E-state index contributed by atoms with van der Waals surface area (Å²) in [6.45, 7) is 3.88. The third-order valence-electron chi connectivity index (χ3n) is 9.48. The summed E-state index contributed by atoms with van der Waals surface area (Å²) < 4.78 is 13.5. The SMILES string of the molecule is C[C@@H]1CC[C@@H]2C1[C@H](OC(=O)/C=C/c1ccccc1)C1(C3CCCCC3)C[C@@H](NC(=O)CO)C2(C)O1. The Morgan fingerprint density at radius 3 is 2.60 bits per heavy atom. The molecule has 5 rings (SSSR count). The molecule has 2 N–H and O–H groups in total. The highest BCUT2D eigenvalue weighted by molar-refractivity contribution is 5.87. The first-order valence-electron chi connectivity index (χ1n) is 13.4. The van der Waals surface area contributed by atoms with Crippen LogP contribution >= 0.6 is 0 Å². The average Bonchev–Trinajstić information content (AvgIpc) is 3.39. The molecule has 4 aliphatic rings. The molecule has 3 unspecified atom stereocenters. The van der Waals surface area contributed by atoms with Gasteiger partial charge >= 0.3 is 5.97 Å². The summed E-state index contributed by atoms with van der Waals surface area (Å²) >= 11 is 0. The number of fused-ring (bicyclic) bond motifs is 4. The minimum atomic E-state index is -0.613. The van der Waals surface area contributed by atoms with E-state index in [-0.39, 0.29) is 41.8 Å². The van der Waals surface area contributed by atoms with Gasteiger partial charge in [-0.25, -0.2) is 4.79 Å². The minimum absolute atomic E-state index is 0.191. The molecular formula is C29H39NO5. The van der Waals surface area contributed by atoms with Crippen LogP contribution in [0.4, 0.5) is 0 Å². The van der Waals surface area contributed by atoms with Crippen LogP contribution in [0.2, 0.25) is 0 Å². The van der Waals surface area contributed by atoms with Crippen molar-refractivity contribution in [3.8, 4) is 0 Å². The lowest BCUT2D eigenvalue weighted by Gasteiger charge is -2.54. The standard InChI is InChI=1S/C29H39NO5/c1-19-13-15-22-26(19)27(34-25(33)16-14-20-9-5-3-6-10-20)29(21-11-7-4-8-12-21)17-23(28(22,2)35-29)30-24(32)18-31/h3,5-6,9-10,14,16,19,21-23,26-27,31H,4,7-8,11-13,15,17-18H2,1-2H3,(H,30,32)/b16-14+/t19-,22-,23-,26?,27+,28?,29?/m1/s1. The fraction of sp³-hybridized carbons (Fsp3) is 0.655. The Morgan fingerprint density at radius 1 is 1.14 bits per heavy atom. The number of rotatable bonds is 6. The van der Waals surface area contributed by atoms with Gasteiger partial charge in [-0.1, -0.05) is 56.5 Å². The van der Waals surface area contributed by atoms with Crippen LogP contribution in [0.3, 0.4) is 0 Å². The first-order chi connectivity index (χ1) is 16.9. The van der Waals surface area contributed by atoms with Gasteiger partial charge in [0, 0.05) is 18.4 Å². The maximum Gasteiger partial charge on any atom is 0.331 e. The molecule has 1 aromatic carbocycles. The van der Waals surface area contributed by atoms with E-state index in [0.29, 0.717) is 12.3 Å². The highest BCUT2D eigenvalue weighted by Gasteiger charge is 2.72. The lowest BCUT2D eigenvalue weighted by atomic mass is 9.66. The fourth-order valence-corrected chi connectivity index (χ4v) is 7.86. The predicted octanol–water partition coefficient (Wildman–Crippen LogP) is 4.26. The Labute approximate surface area is 208 Å². The molecule has 2 aliphatic carbocycles. The van der Waals surface area contributed by atoms with Crippen molar-refractivity contribution in [2.24, 2.45) is 23.7 Å². The van der Waals surface area contributed by atoms with E-state index in [0.717, 1.165) is 44.1 Å². The van der Waals surface area contributed by atoms with Gasteiger partial charge in [-0.2, -0.15) is 0 Å². The first kappa shape index (κ1) is 24.5. The highest BCUT2D eigenvalue weighted by atomic mass is 16.6. The predicted molar refractivity (Wildman–Crippen MR) is 133 cm³/mol. The van der Waals surface area contributed by atoms with Crippen LogP contribution in [-0.2, 0) is 19.1 Å². The third kappa shape index (κ3) is 4.33. The number of aliphatic hydroxyl groups is 1. The van der Waals surface area contributed by atoms with Gasteiger partial charge < -0.3 is 19.9 Å². The van der Waals surface area contributed by atoms with Crippen LogP contribution in [0, 0.1) is 23.7 Å². The third-order valence-corrected chi connectivity index (χ3v) is 9.48. The molecule has 0 aromatic heterocycles. The average molecular weight is 482 g/mol. The van der Waals surface area contributed by atoms with Gasteiger partial charge in [-0.3, -0.25) is 4.79 Å². The summed E-state index contributed by atoms with van der Waals surface area (Å²) in [5.74, 6) is 0.387. The molecule has 2 bridgehead atoms. The number of aliphatic hydroxyl groups excluding tert-OH is 1. The van der Waals surface area contributed by atoms with Crippen molar-refractivity contribution in [3.05, 3.63) is 42.0 Å². The number of esters is 1. The Hall–Kier alpha value is -2.18. The number of amides is 1. The number of nitrogens with one attached hydrogen (secondary N) is 1. The van der Waals surface area contributed by atoms with E-state index < -0.39 is 17.8 Å². The summed E-state index contributed by atoms with van der Waals surface area (Å²) in [5.41, 5.74) is -0.183. The second-order valence-corrected chi connectivity index (χ2v) is 11.4. The molecular weight excluding hydrogens is 442 g/mol. The summed E-state index contributed by atoms with van der Waals surface area (Å²) in [6, 6.07) is 9.57. The minimum Gasteiger partial charge on any atom is -0.456 e. The smallest absolute Gasteiger partial charge is 0.331 e. The maximum atomic E-state index is 13.2. The normalized spacial score (nSPS) is 38.9. The Bertz CT molecular complexity index is 957. The largest absolute Gasteiger partial charge is 0.456 e. The van der Waals surface area contributed by atoms with Crippen molar-refractivity contribution in [2.45, 2.75) is 88.6 Å². The number of benzene rings is 1. The molecule has 35 heavy (non-hydrogen) atoms. The number of carbonyl (C=O) groups excluding carboxylic acids is 2. The maximum absolute atomic E-state index is 13.2. The van der Waals surface area contributed by atoms with Gasteiger partial charge in [-0.05, 0) is 62.0 Å². The van der Waals surface area contributed by atoms with Crippen LogP contribution in [0.25, 0.3) is 6.08 Å². The molecule has 2 saturated carbocycles. The second kappa shape index (κ2) is 9.70. The molecule has 190 valence electrons. The molecule has 0 spiro atoms. The van der Waals surface area contributed by atoms with E-state index in [1.807, 2.05) is 30.3 Å². The van der Waals surface area contributed by atoms with Gasteiger partial charge in [0.15, 0.2) is 0 Å². The molecule has 6 heteroatoms. The quantitative estimate of drug-likeness (QED) is 0.468. The van der Waals surface area contributed by atoms with Gasteiger partial charge in [-0.15, -0.1) is 0 Å². The van der Waals surface area contributed by atoms with Crippen LogP contribution in [0.5, 0.6) is 0 Å². The first-order valence-corrected chi connectivity index (χ1v) is 13.4. The molecule has 2 aliphatic heterocycles. The van der Waals surface area contributed by atoms with Crippen molar-refractivity contribution in [1.29, 1.82) is 0 Å². The number of hydrogen-bond acceptors (Lipinski definition) is 5. The highest BCUT2D eigenvalue weighted by Crippen LogP contribution is 2.63. The number of ether oxygens (including phenoxy) is 2. The molecule has 1 aromatic rings. The second-order valence-electron chi connectivity index (χ2n) is 11.4. The van der Waals surface area contributed by atoms with E-state index >= 15 is 0 Å². The van der Waals surface area contributed by atoms with E-state index in [9.17, 15) is 14.7 Å². The summed E-state index contributed by atoms with van der Waals surface area (Å²) in [5, 5.41) is 12.5. The zero-order valence-corrected chi connectivity index (χ0v) is 20.9. The van der Waals surface area contributed by atoms with E-state index in [1.165, 1.54) is 12.5 Å². The van der Waals surface area contributed by atoms with Crippen LogP contribution < -0.4 is 5.32 Å². The van der Waals surface area contributed by atoms with Gasteiger partial charge in [0.1, 0.15) is 18.3 Å². The van der Waals surface area contributed by atoms with Crippen molar-refractivity contribution in [1.82, 2.24) is 5.32 Å². The van der Waals surface area contributed by atoms with Crippen LogP contribution in [-0.4, -0.2) is 46.9 Å². The topological polar surface area (TPSA) is 84.9 Å². The van der Waals surface area contributed by atoms with E-state index in [2.05, 4.69) is 19.2 Å². The Kier molecular flexibility index (Phi) is 6.79. The van der Waals surface area contributed by atoms with Crippen molar-refractivity contribution in [2.75, 3.05) is 6.61 Å². The van der Waals surface area contributed by atoms with Crippen LogP contribution in [0.1, 0.15) is 70.8 Å². The molecule has 1 amide bonds. The molecule has 2 saturated heterocycles. The zero-order valence-electron chi connectivity index (χ0n) is 20.9. The van der Waals surface area contributed by atoms with Crippen molar-refractivity contribution in [3.63, 3.8) is 0 Å². The summed E-state index contributed by atoms with van der Waals surface area (Å²) in [6.07, 6.45) is 11.3. The Morgan fingerprint density at radius 2 is 1.89 bits per heavy atom. The summed E-state index contributed by atoms with van der Waals surface area (Å²) in [7, 11) is 0. The van der Waals surface area contributed by atoms with Crippen molar-refractivity contribution < 1.29 is 24.2 Å². The van der Waals surface area contributed by atoms with Gasteiger partial charge in [0.25, 0.3) is 0 Å². The lowest BCUT2D eigenvalue weighted by molar-refractivity contribution is -0.265. The number of carbonyl (C=O) groups is 2. The number of hydrogen-bond donors (Lipinski definition) is 2. The summed E-state index contributed by atoms with van der Waals surface area (Å²) in [4.78, 5) is 25.5. The monoisotopic (exact) mass is 481 g/mol. The van der Waals surface area contributed by atoms with E-state index in [4.69, 9.17) is 9.47 Å². The van der Waals surface area contributed by atoms with Crippen LogP contribution in [0.15, 0.2) is 36.4 Å². The molecule has 0 radical (unpaired) electrons. The fourth-order valence-electron chi connectivity index (χ4n) is 7.86. The lowest BCUT2D eigenvalue weighted by Crippen LogP contribution is -2.63. The molecule has 4 fully saturated rings. The molecule has 6 nitrogen and oxygen atoms in total. The molecule has 7 atom stereocenters. The van der Waals surface area contributed by atoms with E-state index in [1.54, 1.807) is 6.08 Å². The van der Waals surface area contributed by atoms with Crippen molar-refractivity contribution >= 4 is 18.0 Å². The van der Waals surface area contributed by atoms with Gasteiger partial charge in [0.05, 0.1) is 11.6 Å². The Balaban J connectivity index is 1.50.